The number of fused-ring (bicyclic) bond motifs is 2. The lowest BCUT2D eigenvalue weighted by Gasteiger charge is -2.28. The Morgan fingerprint density at radius 1 is 1.12 bits per heavy atom. The summed E-state index contributed by atoms with van der Waals surface area (Å²) in [4.78, 5) is 14.2. The van der Waals surface area contributed by atoms with Crippen LogP contribution in [0.3, 0.4) is 0 Å². The molecule has 0 saturated heterocycles. The summed E-state index contributed by atoms with van der Waals surface area (Å²) >= 11 is 1.54. The third kappa shape index (κ3) is 4.76. The Hall–Kier alpha value is -2.19. The number of hydrogen-bond acceptors (Lipinski definition) is 5. The van der Waals surface area contributed by atoms with Gasteiger partial charge in [-0.3, -0.25) is 9.10 Å². The number of hydrogen-bond donors (Lipinski definition) is 1. The third-order valence-corrected chi connectivity index (χ3v) is 8.97. The number of thioether (sulfide) groups is 1. The van der Waals surface area contributed by atoms with Crippen molar-refractivity contribution >= 4 is 33.4 Å². The summed E-state index contributed by atoms with van der Waals surface area (Å²) in [6.07, 6.45) is 6.49. The molecule has 0 aromatic heterocycles. The zero-order valence-electron chi connectivity index (χ0n) is 18.5. The second-order valence-corrected chi connectivity index (χ2v) is 11.2. The number of anilines is 1. The number of carbonyl (C=O) groups excluding carboxylic acids is 1. The van der Waals surface area contributed by atoms with Crippen LogP contribution in [-0.2, 0) is 14.8 Å². The van der Waals surface area contributed by atoms with Gasteiger partial charge >= 0.3 is 0 Å². The molecule has 172 valence electrons. The number of sulfonamides is 1. The van der Waals surface area contributed by atoms with Crippen LogP contribution in [0.1, 0.15) is 32.6 Å². The molecule has 0 spiro atoms. The highest BCUT2D eigenvalue weighted by Crippen LogP contribution is 2.44. The largest absolute Gasteiger partial charge is 0.492 e. The highest BCUT2D eigenvalue weighted by Gasteiger charge is 2.40. The quantitative estimate of drug-likeness (QED) is 0.548. The van der Waals surface area contributed by atoms with E-state index in [-0.39, 0.29) is 23.4 Å². The Morgan fingerprint density at radius 2 is 1.88 bits per heavy atom. The standard InChI is InChI=1S/C24H30N2O4S2/c1-3-30-23-7-5-4-6-22(23)26(32(28,29)20-12-10-19(31-2)11-13-20)16-24(27)25-21-15-17-8-9-18(21)14-17/h4-7,10-13,17-18,21H,3,8-9,14-16H2,1-2H3,(H,25,27)/t17-,18-,21+/m0/s1. The second-order valence-electron chi connectivity index (χ2n) is 8.44. The highest BCUT2D eigenvalue weighted by molar-refractivity contribution is 7.98. The van der Waals surface area contributed by atoms with Gasteiger partial charge in [-0.05, 0) is 80.7 Å². The number of benzene rings is 2. The van der Waals surface area contributed by atoms with Crippen LogP contribution in [0.2, 0.25) is 0 Å². The second kappa shape index (κ2) is 9.75. The zero-order chi connectivity index (χ0) is 22.7. The maximum absolute atomic E-state index is 13.7. The smallest absolute Gasteiger partial charge is 0.264 e. The number of nitrogens with one attached hydrogen (secondary N) is 1. The van der Waals surface area contributed by atoms with E-state index in [9.17, 15) is 13.2 Å². The van der Waals surface area contributed by atoms with Crippen molar-refractivity contribution in [2.45, 2.75) is 48.4 Å². The molecule has 2 saturated carbocycles. The van der Waals surface area contributed by atoms with Crippen LogP contribution in [0.25, 0.3) is 0 Å². The van der Waals surface area contributed by atoms with Gasteiger partial charge in [0.05, 0.1) is 17.2 Å². The minimum absolute atomic E-state index is 0.147. The van der Waals surface area contributed by atoms with Crippen molar-refractivity contribution in [2.75, 3.05) is 23.7 Å². The lowest BCUT2D eigenvalue weighted by Crippen LogP contribution is -2.46. The average molecular weight is 475 g/mol. The predicted octanol–water partition coefficient (Wildman–Crippen LogP) is 4.31. The van der Waals surface area contributed by atoms with Crippen LogP contribution in [0.5, 0.6) is 5.75 Å². The molecule has 1 amide bonds. The number of amides is 1. The molecule has 0 radical (unpaired) electrons. The topological polar surface area (TPSA) is 75.7 Å². The summed E-state index contributed by atoms with van der Waals surface area (Å²) in [6.45, 7) is 1.95. The number of carbonyl (C=O) groups is 1. The minimum atomic E-state index is -3.98. The van der Waals surface area contributed by atoms with Gasteiger partial charge in [0, 0.05) is 10.9 Å². The van der Waals surface area contributed by atoms with Gasteiger partial charge in [-0.15, -0.1) is 11.8 Å². The zero-order valence-corrected chi connectivity index (χ0v) is 20.1. The Morgan fingerprint density at radius 3 is 2.50 bits per heavy atom. The fourth-order valence-electron chi connectivity index (χ4n) is 4.92. The molecule has 6 nitrogen and oxygen atoms in total. The van der Waals surface area contributed by atoms with Gasteiger partial charge in [-0.2, -0.15) is 0 Å². The lowest BCUT2D eigenvalue weighted by atomic mass is 9.95. The monoisotopic (exact) mass is 474 g/mol. The van der Waals surface area contributed by atoms with Gasteiger partial charge in [-0.1, -0.05) is 18.6 Å². The van der Waals surface area contributed by atoms with Crippen molar-refractivity contribution in [3.63, 3.8) is 0 Å². The summed E-state index contributed by atoms with van der Waals surface area (Å²) in [7, 11) is -3.98. The molecule has 2 aliphatic rings. The first-order chi connectivity index (χ1) is 15.4. The molecule has 0 unspecified atom stereocenters. The van der Waals surface area contributed by atoms with Crippen LogP contribution >= 0.6 is 11.8 Å². The van der Waals surface area contributed by atoms with E-state index < -0.39 is 10.0 Å². The molecule has 1 N–H and O–H groups in total. The van der Waals surface area contributed by atoms with Crippen molar-refractivity contribution in [3.05, 3.63) is 48.5 Å². The van der Waals surface area contributed by atoms with Crippen LogP contribution in [0, 0.1) is 11.8 Å². The van der Waals surface area contributed by atoms with Crippen LogP contribution in [-0.4, -0.2) is 39.8 Å². The van der Waals surface area contributed by atoms with Gasteiger partial charge in [0.25, 0.3) is 10.0 Å². The first-order valence-electron chi connectivity index (χ1n) is 11.1. The van der Waals surface area contributed by atoms with E-state index in [2.05, 4.69) is 5.32 Å². The molecule has 3 atom stereocenters. The van der Waals surface area contributed by atoms with Gasteiger partial charge < -0.3 is 10.1 Å². The molecule has 32 heavy (non-hydrogen) atoms. The molecule has 2 aliphatic carbocycles. The van der Waals surface area contributed by atoms with Gasteiger partial charge in [0.15, 0.2) is 0 Å². The Balaban J connectivity index is 1.64. The molecular weight excluding hydrogens is 444 g/mol. The summed E-state index contributed by atoms with van der Waals surface area (Å²) in [6, 6.07) is 13.8. The molecule has 2 bridgehead atoms. The van der Waals surface area contributed by atoms with E-state index in [0.717, 1.165) is 17.7 Å². The Labute approximate surface area is 194 Å². The van der Waals surface area contributed by atoms with Crippen LogP contribution in [0.15, 0.2) is 58.3 Å². The van der Waals surface area contributed by atoms with Crippen molar-refractivity contribution in [1.29, 1.82) is 0 Å². The van der Waals surface area contributed by atoms with Gasteiger partial charge in [-0.25, -0.2) is 8.42 Å². The summed E-state index contributed by atoms with van der Waals surface area (Å²) < 4.78 is 34.2. The van der Waals surface area contributed by atoms with Crippen molar-refractivity contribution in [1.82, 2.24) is 5.32 Å². The maximum Gasteiger partial charge on any atom is 0.264 e. The van der Waals surface area contributed by atoms with E-state index in [4.69, 9.17) is 4.74 Å². The van der Waals surface area contributed by atoms with Crippen LogP contribution < -0.4 is 14.4 Å². The van der Waals surface area contributed by atoms with Crippen molar-refractivity contribution in [3.8, 4) is 5.75 Å². The summed E-state index contributed by atoms with van der Waals surface area (Å²) in [5.41, 5.74) is 0.367. The van der Waals surface area contributed by atoms with Crippen LogP contribution in [0.4, 0.5) is 5.69 Å². The molecule has 2 fully saturated rings. The van der Waals surface area contributed by atoms with Gasteiger partial charge in [0.2, 0.25) is 5.91 Å². The molecule has 0 heterocycles. The molecule has 8 heteroatoms. The number of nitrogens with zero attached hydrogens (tertiary/aromatic N) is 1. The molecule has 2 aromatic rings. The first kappa shape index (κ1) is 23.0. The normalized spacial score (nSPS) is 22.0. The molecule has 2 aromatic carbocycles. The minimum Gasteiger partial charge on any atom is -0.492 e. The van der Waals surface area contributed by atoms with E-state index in [1.54, 1.807) is 60.3 Å². The average Bonchev–Trinajstić information content (AvgIpc) is 3.41. The maximum atomic E-state index is 13.7. The van der Waals surface area contributed by atoms with Crippen molar-refractivity contribution in [2.24, 2.45) is 11.8 Å². The fraction of sp³-hybridized carbons (Fsp3) is 0.458. The van der Waals surface area contributed by atoms with Gasteiger partial charge in [0.1, 0.15) is 12.3 Å². The van der Waals surface area contributed by atoms with E-state index >= 15 is 0 Å². The SMILES string of the molecule is CCOc1ccccc1N(CC(=O)N[C@@H]1C[C@H]2CC[C@H]1C2)S(=O)(=O)c1ccc(SC)cc1. The van der Waals surface area contributed by atoms with E-state index in [0.29, 0.717) is 29.9 Å². The van der Waals surface area contributed by atoms with E-state index in [1.165, 1.54) is 17.1 Å². The first-order valence-corrected chi connectivity index (χ1v) is 13.8. The van der Waals surface area contributed by atoms with E-state index in [1.807, 2.05) is 13.2 Å². The number of ether oxygens (including phenoxy) is 1. The Kier molecular flexibility index (Phi) is 7.00. The molecular formula is C24H30N2O4S2. The van der Waals surface area contributed by atoms with Crippen molar-refractivity contribution < 1.29 is 17.9 Å². The number of para-hydroxylation sites is 2. The number of rotatable bonds is 9. The highest BCUT2D eigenvalue weighted by atomic mass is 32.2. The molecule has 0 aliphatic heterocycles. The summed E-state index contributed by atoms with van der Waals surface area (Å²) in [5, 5.41) is 3.11. The third-order valence-electron chi connectivity index (χ3n) is 6.45. The molecule has 4 rings (SSSR count). The predicted molar refractivity (Wildman–Crippen MR) is 128 cm³/mol. The fourth-order valence-corrected chi connectivity index (χ4v) is 6.76. The summed E-state index contributed by atoms with van der Waals surface area (Å²) in [5.74, 6) is 1.37. The lowest BCUT2D eigenvalue weighted by molar-refractivity contribution is -0.120. The Bertz CT molecular complexity index is 1060.